The van der Waals surface area contributed by atoms with Crippen LogP contribution in [0.15, 0.2) is 64.3 Å². The number of amides is 1. The van der Waals surface area contributed by atoms with Crippen LogP contribution in [-0.4, -0.2) is 42.7 Å². The highest BCUT2D eigenvalue weighted by molar-refractivity contribution is 7.89. The number of aryl methyl sites for hydroxylation is 2. The van der Waals surface area contributed by atoms with E-state index in [1.807, 2.05) is 0 Å². The molecule has 0 fully saturated rings. The fourth-order valence-corrected chi connectivity index (χ4v) is 3.88. The largest absolute Gasteiger partial charge is 0.326 e. The lowest BCUT2D eigenvalue weighted by Gasteiger charge is -2.11. The fraction of sp³-hybridized carbons (Fsp3) is 0.227. The summed E-state index contributed by atoms with van der Waals surface area (Å²) in [5.74, 6) is 0.265. The number of benzene rings is 2. The number of nitrogens with zero attached hydrogens (tertiary/aromatic N) is 2. The molecular formula is C22H24N4O4S. The molecule has 162 valence electrons. The summed E-state index contributed by atoms with van der Waals surface area (Å²) < 4.78 is 25.4. The van der Waals surface area contributed by atoms with Gasteiger partial charge in [-0.2, -0.15) is 0 Å². The smallest absolute Gasteiger partial charge is 0.251 e. The minimum atomic E-state index is -3.47. The van der Waals surface area contributed by atoms with Crippen LogP contribution in [-0.2, 0) is 21.2 Å². The van der Waals surface area contributed by atoms with Crippen LogP contribution in [0.5, 0.6) is 0 Å². The zero-order chi connectivity index (χ0) is 22.6. The van der Waals surface area contributed by atoms with Crippen LogP contribution in [0.25, 0.3) is 11.4 Å². The molecule has 0 aliphatic heterocycles. The van der Waals surface area contributed by atoms with Crippen LogP contribution in [0.2, 0.25) is 0 Å². The molecule has 2 aromatic carbocycles. The second kappa shape index (κ2) is 9.23. The van der Waals surface area contributed by atoms with E-state index in [0.717, 1.165) is 9.87 Å². The lowest BCUT2D eigenvalue weighted by atomic mass is 10.1. The van der Waals surface area contributed by atoms with Gasteiger partial charge in [-0.25, -0.2) is 17.7 Å². The third-order valence-electron chi connectivity index (χ3n) is 4.63. The predicted molar refractivity (Wildman–Crippen MR) is 119 cm³/mol. The zero-order valence-corrected chi connectivity index (χ0v) is 18.4. The van der Waals surface area contributed by atoms with Crippen LogP contribution < -0.4 is 10.9 Å². The second-order valence-electron chi connectivity index (χ2n) is 7.30. The van der Waals surface area contributed by atoms with Crippen LogP contribution in [0.3, 0.4) is 0 Å². The first kappa shape index (κ1) is 22.4. The molecule has 1 amide bonds. The summed E-state index contributed by atoms with van der Waals surface area (Å²) in [6.45, 7) is 1.74. The Morgan fingerprint density at radius 3 is 2.45 bits per heavy atom. The lowest BCUT2D eigenvalue weighted by molar-refractivity contribution is -0.116. The molecule has 1 aromatic heterocycles. The maximum absolute atomic E-state index is 12.4. The number of nitrogens with one attached hydrogen (secondary N) is 2. The van der Waals surface area contributed by atoms with Gasteiger partial charge in [0.05, 0.1) is 4.90 Å². The van der Waals surface area contributed by atoms with Crippen molar-refractivity contribution in [2.75, 3.05) is 19.4 Å². The lowest BCUT2D eigenvalue weighted by Crippen LogP contribution is -2.22. The molecule has 0 atom stereocenters. The van der Waals surface area contributed by atoms with Gasteiger partial charge in [-0.15, -0.1) is 0 Å². The standard InChI is InChI=1S/C22H24N4O4S/c1-15-13-21(28)25-22(23-15)17-5-4-6-18(14-17)24-20(27)12-9-16-7-10-19(11-8-16)31(29,30)26(2)3/h4-8,10-11,13-14H,9,12H2,1-3H3,(H,24,27)(H,23,25,28). The van der Waals surface area contributed by atoms with E-state index in [9.17, 15) is 18.0 Å². The number of H-pyrrole nitrogens is 1. The van der Waals surface area contributed by atoms with Gasteiger partial charge in [0, 0.05) is 43.5 Å². The van der Waals surface area contributed by atoms with E-state index in [-0.39, 0.29) is 22.8 Å². The highest BCUT2D eigenvalue weighted by atomic mass is 32.2. The fourth-order valence-electron chi connectivity index (χ4n) is 2.98. The summed E-state index contributed by atoms with van der Waals surface area (Å²) in [6.07, 6.45) is 0.712. The third kappa shape index (κ3) is 5.65. The van der Waals surface area contributed by atoms with Crippen molar-refractivity contribution in [2.45, 2.75) is 24.7 Å². The molecule has 0 radical (unpaired) electrons. The predicted octanol–water partition coefficient (Wildman–Crippen LogP) is 2.57. The molecule has 0 aliphatic carbocycles. The minimum Gasteiger partial charge on any atom is -0.326 e. The summed E-state index contributed by atoms with van der Waals surface area (Å²) in [6, 6.07) is 15.0. The molecule has 3 rings (SSSR count). The van der Waals surface area contributed by atoms with Gasteiger partial charge in [-0.05, 0) is 43.2 Å². The van der Waals surface area contributed by atoms with E-state index in [0.29, 0.717) is 29.2 Å². The Morgan fingerprint density at radius 2 is 1.81 bits per heavy atom. The van der Waals surface area contributed by atoms with E-state index >= 15 is 0 Å². The number of hydrogen-bond acceptors (Lipinski definition) is 5. The van der Waals surface area contributed by atoms with Crippen molar-refractivity contribution < 1.29 is 13.2 Å². The highest BCUT2D eigenvalue weighted by Crippen LogP contribution is 2.19. The summed E-state index contributed by atoms with van der Waals surface area (Å²) in [5, 5.41) is 2.84. The van der Waals surface area contributed by atoms with E-state index < -0.39 is 10.0 Å². The van der Waals surface area contributed by atoms with E-state index in [1.54, 1.807) is 55.5 Å². The van der Waals surface area contributed by atoms with Gasteiger partial charge in [-0.3, -0.25) is 9.59 Å². The highest BCUT2D eigenvalue weighted by Gasteiger charge is 2.16. The minimum absolute atomic E-state index is 0.173. The number of aromatic amines is 1. The number of anilines is 1. The zero-order valence-electron chi connectivity index (χ0n) is 17.5. The maximum Gasteiger partial charge on any atom is 0.251 e. The molecule has 2 N–H and O–H groups in total. The number of aromatic nitrogens is 2. The average Bonchev–Trinajstić information content (AvgIpc) is 2.72. The molecule has 8 nitrogen and oxygen atoms in total. The monoisotopic (exact) mass is 440 g/mol. The van der Waals surface area contributed by atoms with E-state index in [2.05, 4.69) is 15.3 Å². The van der Waals surface area contributed by atoms with Gasteiger partial charge in [-0.1, -0.05) is 24.3 Å². The van der Waals surface area contributed by atoms with Gasteiger partial charge in [0.15, 0.2) is 0 Å². The average molecular weight is 441 g/mol. The molecule has 1 heterocycles. The molecule has 0 aliphatic rings. The molecule has 3 aromatic rings. The van der Waals surface area contributed by atoms with Gasteiger partial charge >= 0.3 is 0 Å². The van der Waals surface area contributed by atoms with Crippen molar-refractivity contribution in [1.29, 1.82) is 0 Å². The van der Waals surface area contributed by atoms with Crippen molar-refractivity contribution >= 4 is 21.6 Å². The van der Waals surface area contributed by atoms with E-state index in [4.69, 9.17) is 0 Å². The maximum atomic E-state index is 12.4. The summed E-state index contributed by atoms with van der Waals surface area (Å²) in [7, 11) is -0.509. The third-order valence-corrected chi connectivity index (χ3v) is 6.46. The first-order valence-corrected chi connectivity index (χ1v) is 11.1. The topological polar surface area (TPSA) is 112 Å². The SMILES string of the molecule is Cc1cc(=O)[nH]c(-c2cccc(NC(=O)CCc3ccc(S(=O)(=O)N(C)C)cc3)c2)n1. The van der Waals surface area contributed by atoms with Crippen LogP contribution in [0.4, 0.5) is 5.69 Å². The molecule has 0 spiro atoms. The Hall–Kier alpha value is -3.30. The molecule has 9 heteroatoms. The number of sulfonamides is 1. The van der Waals surface area contributed by atoms with Crippen LogP contribution in [0, 0.1) is 6.92 Å². The number of hydrogen-bond donors (Lipinski definition) is 2. The number of rotatable bonds is 7. The van der Waals surface area contributed by atoms with Gasteiger partial charge in [0.2, 0.25) is 15.9 Å². The summed E-state index contributed by atoms with van der Waals surface area (Å²) >= 11 is 0. The number of carbonyl (C=O) groups excluding carboxylic acids is 1. The summed E-state index contributed by atoms with van der Waals surface area (Å²) in [4.78, 5) is 31.3. The Bertz CT molecular complexity index is 1250. The van der Waals surface area contributed by atoms with Crippen molar-refractivity contribution in [3.63, 3.8) is 0 Å². The molecule has 0 saturated heterocycles. The van der Waals surface area contributed by atoms with Gasteiger partial charge in [0.25, 0.3) is 5.56 Å². The van der Waals surface area contributed by atoms with Crippen LogP contribution >= 0.6 is 0 Å². The van der Waals surface area contributed by atoms with E-state index in [1.165, 1.54) is 20.2 Å². The molecule has 31 heavy (non-hydrogen) atoms. The van der Waals surface area contributed by atoms with Crippen molar-refractivity contribution in [3.05, 3.63) is 76.2 Å². The Morgan fingerprint density at radius 1 is 1.10 bits per heavy atom. The number of carbonyl (C=O) groups is 1. The van der Waals surface area contributed by atoms with Crippen molar-refractivity contribution in [3.8, 4) is 11.4 Å². The molecule has 0 unspecified atom stereocenters. The molecule has 0 saturated carbocycles. The van der Waals surface area contributed by atoms with Crippen LogP contribution in [0.1, 0.15) is 17.7 Å². The normalized spacial score (nSPS) is 11.5. The first-order valence-electron chi connectivity index (χ1n) is 9.65. The molecular weight excluding hydrogens is 416 g/mol. The quantitative estimate of drug-likeness (QED) is 0.586. The second-order valence-corrected chi connectivity index (χ2v) is 9.45. The van der Waals surface area contributed by atoms with Gasteiger partial charge < -0.3 is 10.3 Å². The molecule has 0 bridgehead atoms. The van der Waals surface area contributed by atoms with Crippen molar-refractivity contribution in [2.24, 2.45) is 0 Å². The Labute approximate surface area is 181 Å². The summed E-state index contributed by atoms with van der Waals surface area (Å²) in [5.41, 5.74) is 2.53. The Balaban J connectivity index is 1.63. The first-order chi connectivity index (χ1) is 14.6. The Kier molecular flexibility index (Phi) is 6.67. The van der Waals surface area contributed by atoms with Crippen molar-refractivity contribution in [1.82, 2.24) is 14.3 Å². The van der Waals surface area contributed by atoms with Gasteiger partial charge in [0.1, 0.15) is 5.82 Å².